The summed E-state index contributed by atoms with van der Waals surface area (Å²) in [5.74, 6) is -1.13. The fraction of sp³-hybridized carbons (Fsp3) is 0.462. The molecule has 1 atom stereocenters. The van der Waals surface area contributed by atoms with Crippen LogP contribution >= 0.6 is 0 Å². The highest BCUT2D eigenvalue weighted by atomic mass is 19.4. The highest BCUT2D eigenvalue weighted by molar-refractivity contribution is 5.72. The van der Waals surface area contributed by atoms with Crippen LogP contribution in [0.25, 0.3) is 0 Å². The molecule has 3 nitrogen and oxygen atoms in total. The molecule has 19 heavy (non-hydrogen) atoms. The minimum atomic E-state index is -4.27. The lowest BCUT2D eigenvalue weighted by Crippen LogP contribution is -2.34. The zero-order chi connectivity index (χ0) is 14.3. The van der Waals surface area contributed by atoms with E-state index in [1.165, 1.54) is 6.92 Å². The van der Waals surface area contributed by atoms with Crippen LogP contribution in [0.4, 0.5) is 13.2 Å². The molecular weight excluding hydrogens is 259 g/mol. The van der Waals surface area contributed by atoms with Gasteiger partial charge in [-0.2, -0.15) is 13.2 Å². The predicted octanol–water partition coefficient (Wildman–Crippen LogP) is 2.52. The van der Waals surface area contributed by atoms with Gasteiger partial charge in [-0.05, 0) is 5.56 Å². The van der Waals surface area contributed by atoms with Gasteiger partial charge in [-0.3, -0.25) is 4.79 Å². The molecule has 0 radical (unpaired) electrons. The molecule has 1 unspecified atom stereocenters. The van der Waals surface area contributed by atoms with Gasteiger partial charge in [0.25, 0.3) is 0 Å². The number of carbonyl (C=O) groups is 1. The molecule has 0 bridgehead atoms. The van der Waals surface area contributed by atoms with Crippen molar-refractivity contribution in [3.8, 4) is 0 Å². The van der Waals surface area contributed by atoms with Gasteiger partial charge < -0.3 is 10.1 Å². The van der Waals surface area contributed by atoms with Gasteiger partial charge in [0, 0.05) is 6.54 Å². The number of carbonyl (C=O) groups excluding carboxylic acids is 1. The Labute approximate surface area is 109 Å². The number of alkyl halides is 3. The molecule has 0 aliphatic rings. The monoisotopic (exact) mass is 275 g/mol. The van der Waals surface area contributed by atoms with Gasteiger partial charge in [-0.1, -0.05) is 37.3 Å². The summed E-state index contributed by atoms with van der Waals surface area (Å²) in [5.41, 5.74) is 0.839. The number of ether oxygens (including phenoxy) is 1. The molecule has 0 amide bonds. The normalized spacial score (nSPS) is 13.1. The fourth-order valence-electron chi connectivity index (χ4n) is 1.38. The van der Waals surface area contributed by atoms with Crippen LogP contribution in [0, 0.1) is 5.92 Å². The van der Waals surface area contributed by atoms with Crippen LogP contribution in [-0.2, 0) is 16.1 Å². The van der Waals surface area contributed by atoms with Crippen molar-refractivity contribution in [3.63, 3.8) is 0 Å². The molecule has 0 aliphatic heterocycles. The van der Waals surface area contributed by atoms with Crippen molar-refractivity contribution in [1.29, 1.82) is 0 Å². The van der Waals surface area contributed by atoms with E-state index in [2.05, 4.69) is 5.32 Å². The first-order valence-electron chi connectivity index (χ1n) is 5.86. The quantitative estimate of drug-likeness (QED) is 0.811. The summed E-state index contributed by atoms with van der Waals surface area (Å²) >= 11 is 0. The molecule has 0 saturated heterocycles. The van der Waals surface area contributed by atoms with Crippen molar-refractivity contribution in [2.24, 2.45) is 5.92 Å². The Morgan fingerprint density at radius 1 is 1.32 bits per heavy atom. The van der Waals surface area contributed by atoms with Crippen molar-refractivity contribution in [3.05, 3.63) is 35.9 Å². The van der Waals surface area contributed by atoms with E-state index >= 15 is 0 Å². The predicted molar refractivity (Wildman–Crippen MR) is 64.3 cm³/mol. The van der Waals surface area contributed by atoms with E-state index in [0.29, 0.717) is 0 Å². The first-order valence-corrected chi connectivity index (χ1v) is 5.86. The lowest BCUT2D eigenvalue weighted by atomic mass is 10.2. The minimum Gasteiger partial charge on any atom is -0.461 e. The largest absolute Gasteiger partial charge is 0.461 e. The highest BCUT2D eigenvalue weighted by Gasteiger charge is 2.27. The van der Waals surface area contributed by atoms with Crippen LogP contribution in [0.15, 0.2) is 30.3 Å². The topological polar surface area (TPSA) is 38.3 Å². The van der Waals surface area contributed by atoms with E-state index in [-0.39, 0.29) is 13.2 Å². The molecular formula is C13H16F3NO2. The molecule has 0 saturated carbocycles. The summed E-state index contributed by atoms with van der Waals surface area (Å²) in [5, 5.41) is 2.18. The van der Waals surface area contributed by atoms with E-state index in [9.17, 15) is 18.0 Å². The van der Waals surface area contributed by atoms with Gasteiger partial charge in [-0.15, -0.1) is 0 Å². The van der Waals surface area contributed by atoms with Crippen LogP contribution in [0.2, 0.25) is 0 Å². The maximum atomic E-state index is 11.9. The third-order valence-corrected chi connectivity index (χ3v) is 2.40. The smallest absolute Gasteiger partial charge is 0.401 e. The molecule has 0 spiro atoms. The van der Waals surface area contributed by atoms with Gasteiger partial charge >= 0.3 is 12.1 Å². The molecule has 1 rings (SSSR count). The Bertz CT molecular complexity index is 393. The second-order valence-corrected chi connectivity index (χ2v) is 4.24. The molecule has 1 aromatic rings. The van der Waals surface area contributed by atoms with Crippen molar-refractivity contribution in [1.82, 2.24) is 5.32 Å². The van der Waals surface area contributed by atoms with Crippen molar-refractivity contribution < 1.29 is 22.7 Å². The lowest BCUT2D eigenvalue weighted by Gasteiger charge is -2.13. The van der Waals surface area contributed by atoms with E-state index in [1.807, 2.05) is 18.2 Å². The average molecular weight is 275 g/mol. The summed E-state index contributed by atoms with van der Waals surface area (Å²) < 4.78 is 40.7. The van der Waals surface area contributed by atoms with Crippen LogP contribution in [0.5, 0.6) is 0 Å². The van der Waals surface area contributed by atoms with E-state index in [4.69, 9.17) is 4.74 Å². The maximum absolute atomic E-state index is 11.9. The molecule has 0 aromatic heterocycles. The fourth-order valence-corrected chi connectivity index (χ4v) is 1.38. The average Bonchev–Trinajstić information content (AvgIpc) is 2.35. The van der Waals surface area contributed by atoms with E-state index in [0.717, 1.165) is 5.56 Å². The molecule has 1 aromatic carbocycles. The Morgan fingerprint density at radius 3 is 2.53 bits per heavy atom. The summed E-state index contributed by atoms with van der Waals surface area (Å²) in [6, 6.07) is 9.09. The van der Waals surface area contributed by atoms with Gasteiger partial charge in [0.2, 0.25) is 0 Å². The van der Waals surface area contributed by atoms with Crippen molar-refractivity contribution in [2.45, 2.75) is 19.7 Å². The number of halogens is 3. The van der Waals surface area contributed by atoms with Crippen molar-refractivity contribution in [2.75, 3.05) is 13.1 Å². The molecule has 106 valence electrons. The van der Waals surface area contributed by atoms with Gasteiger partial charge in [0.15, 0.2) is 0 Å². The SMILES string of the molecule is CC(CNCC(F)(F)F)C(=O)OCc1ccccc1. The van der Waals surface area contributed by atoms with E-state index in [1.54, 1.807) is 12.1 Å². The van der Waals surface area contributed by atoms with E-state index < -0.39 is 24.6 Å². The highest BCUT2D eigenvalue weighted by Crippen LogP contribution is 2.12. The van der Waals surface area contributed by atoms with Crippen LogP contribution in [0.1, 0.15) is 12.5 Å². The van der Waals surface area contributed by atoms with Gasteiger partial charge in [-0.25, -0.2) is 0 Å². The van der Waals surface area contributed by atoms with Crippen LogP contribution in [-0.4, -0.2) is 25.2 Å². The summed E-state index contributed by atoms with van der Waals surface area (Å²) in [4.78, 5) is 11.5. The van der Waals surface area contributed by atoms with Gasteiger partial charge in [0.1, 0.15) is 6.61 Å². The first-order chi connectivity index (χ1) is 8.88. The molecule has 0 heterocycles. The zero-order valence-corrected chi connectivity index (χ0v) is 10.5. The molecule has 1 N–H and O–H groups in total. The summed E-state index contributed by atoms with van der Waals surface area (Å²) in [6.07, 6.45) is -4.27. The second kappa shape index (κ2) is 7.13. The number of benzene rings is 1. The third kappa shape index (κ3) is 6.81. The summed E-state index contributed by atoms with van der Waals surface area (Å²) in [6.45, 7) is 0.483. The number of esters is 1. The number of hydrogen-bond donors (Lipinski definition) is 1. The van der Waals surface area contributed by atoms with Crippen molar-refractivity contribution >= 4 is 5.97 Å². The van der Waals surface area contributed by atoms with Crippen LogP contribution in [0.3, 0.4) is 0 Å². The van der Waals surface area contributed by atoms with Gasteiger partial charge in [0.05, 0.1) is 12.5 Å². The standard InChI is InChI=1S/C13H16F3NO2/c1-10(7-17-9-13(14,15)16)12(18)19-8-11-5-3-2-4-6-11/h2-6,10,17H,7-9H2,1H3. The lowest BCUT2D eigenvalue weighted by molar-refractivity contribution is -0.150. The number of nitrogens with one attached hydrogen (secondary N) is 1. The molecule has 6 heteroatoms. The molecule has 0 aliphatic carbocycles. The Hall–Kier alpha value is -1.56. The Balaban J connectivity index is 2.25. The maximum Gasteiger partial charge on any atom is 0.401 e. The molecule has 0 fully saturated rings. The zero-order valence-electron chi connectivity index (χ0n) is 10.5. The number of rotatable bonds is 6. The second-order valence-electron chi connectivity index (χ2n) is 4.24. The number of hydrogen-bond acceptors (Lipinski definition) is 3. The van der Waals surface area contributed by atoms with Crippen LogP contribution < -0.4 is 5.32 Å². The Morgan fingerprint density at radius 2 is 1.95 bits per heavy atom. The minimum absolute atomic E-state index is 0.0624. The summed E-state index contributed by atoms with van der Waals surface area (Å²) in [7, 11) is 0. The first kappa shape index (κ1) is 15.5. The Kier molecular flexibility index (Phi) is 5.82. The third-order valence-electron chi connectivity index (χ3n) is 2.40.